The molecular weight excluding hydrogens is 249 g/mol. The Labute approximate surface area is 110 Å². The van der Waals surface area contributed by atoms with Crippen LogP contribution in [0.15, 0.2) is 22.6 Å². The van der Waals surface area contributed by atoms with E-state index in [1.54, 1.807) is 19.1 Å². The summed E-state index contributed by atoms with van der Waals surface area (Å²) in [6.45, 7) is 3.86. The Morgan fingerprint density at radius 3 is 2.89 bits per heavy atom. The predicted molar refractivity (Wildman–Crippen MR) is 69.5 cm³/mol. The summed E-state index contributed by atoms with van der Waals surface area (Å²) in [6.07, 6.45) is 0. The lowest BCUT2D eigenvalue weighted by molar-refractivity contribution is 0.0915. The lowest BCUT2D eigenvalue weighted by atomic mass is 10.1. The molecule has 0 saturated heterocycles. The monoisotopic (exact) mass is 265 g/mol. The van der Waals surface area contributed by atoms with Gasteiger partial charge in [0, 0.05) is 24.1 Å². The number of aliphatic hydroxyl groups excluding tert-OH is 1. The molecule has 2 aromatic rings. The van der Waals surface area contributed by atoms with Gasteiger partial charge in [0.1, 0.15) is 0 Å². The number of para-hydroxylation sites is 1. The van der Waals surface area contributed by atoms with Crippen LogP contribution in [-0.2, 0) is 0 Å². The Kier molecular flexibility index (Phi) is 3.85. The van der Waals surface area contributed by atoms with Gasteiger partial charge in [-0.05, 0) is 18.9 Å². The predicted octanol–water partition coefficient (Wildman–Crippen LogP) is 2.24. The molecule has 19 heavy (non-hydrogen) atoms. The number of carbonyl (C=O) groups is 1. The van der Waals surface area contributed by atoms with Crippen LogP contribution in [0.2, 0.25) is 0 Å². The summed E-state index contributed by atoms with van der Waals surface area (Å²) in [6, 6.07) is 4.58. The molecule has 1 amide bonds. The van der Waals surface area contributed by atoms with Crippen molar-refractivity contribution in [1.29, 1.82) is 0 Å². The van der Waals surface area contributed by atoms with Crippen LogP contribution in [0, 0.1) is 18.7 Å². The zero-order chi connectivity index (χ0) is 14.0. The first-order valence-corrected chi connectivity index (χ1v) is 6.11. The Bertz CT molecular complexity index is 606. The van der Waals surface area contributed by atoms with Gasteiger partial charge in [-0.15, -0.1) is 0 Å². The van der Waals surface area contributed by atoms with Crippen molar-refractivity contribution in [2.75, 3.05) is 13.2 Å². The molecule has 0 bridgehead atoms. The van der Waals surface area contributed by atoms with Crippen LogP contribution in [0.3, 0.4) is 0 Å². The van der Waals surface area contributed by atoms with Gasteiger partial charge in [-0.2, -0.15) is 0 Å². The minimum atomic E-state index is -0.483. The number of carbonyl (C=O) groups excluding carboxylic acids is 1. The molecule has 1 aromatic carbocycles. The molecule has 5 heteroatoms. The molecule has 0 radical (unpaired) electrons. The normalized spacial score (nSPS) is 12.6. The molecule has 2 N–H and O–H groups in total. The first-order chi connectivity index (χ1) is 9.04. The molecule has 0 spiro atoms. The van der Waals surface area contributed by atoms with Gasteiger partial charge in [-0.3, -0.25) is 4.79 Å². The summed E-state index contributed by atoms with van der Waals surface area (Å²) < 4.78 is 18.9. The maximum absolute atomic E-state index is 13.6. The van der Waals surface area contributed by atoms with Crippen molar-refractivity contribution in [1.82, 2.24) is 5.32 Å². The highest BCUT2D eigenvalue weighted by Gasteiger charge is 2.19. The van der Waals surface area contributed by atoms with E-state index in [2.05, 4.69) is 5.32 Å². The molecule has 1 heterocycles. The van der Waals surface area contributed by atoms with Crippen molar-refractivity contribution >= 4 is 16.9 Å². The zero-order valence-electron chi connectivity index (χ0n) is 10.9. The highest BCUT2D eigenvalue weighted by atomic mass is 19.1. The fourth-order valence-corrected chi connectivity index (χ4v) is 1.84. The highest BCUT2D eigenvalue weighted by Crippen LogP contribution is 2.27. The summed E-state index contributed by atoms with van der Waals surface area (Å²) >= 11 is 0. The smallest absolute Gasteiger partial charge is 0.287 e. The SMILES string of the molecule is Cc1c(C(=O)NCC(C)CO)oc2c(F)cccc12. The lowest BCUT2D eigenvalue weighted by Gasteiger charge is -2.08. The standard InChI is InChI=1S/C14H16FNO3/c1-8(7-17)6-16-14(18)12-9(2)10-4-3-5-11(15)13(10)19-12/h3-5,8,17H,6-7H2,1-2H3,(H,16,18). The van der Waals surface area contributed by atoms with Crippen molar-refractivity contribution in [2.24, 2.45) is 5.92 Å². The number of aryl methyl sites for hydroxylation is 1. The van der Waals surface area contributed by atoms with Gasteiger partial charge in [0.25, 0.3) is 5.91 Å². The topological polar surface area (TPSA) is 62.5 Å². The number of halogens is 1. The third kappa shape index (κ3) is 2.61. The molecule has 0 aliphatic heterocycles. The largest absolute Gasteiger partial charge is 0.448 e. The van der Waals surface area contributed by atoms with Crippen molar-refractivity contribution in [3.63, 3.8) is 0 Å². The van der Waals surface area contributed by atoms with E-state index in [1.807, 2.05) is 6.92 Å². The van der Waals surface area contributed by atoms with Crippen LogP contribution in [0.4, 0.5) is 4.39 Å². The molecule has 0 aliphatic carbocycles. The fraction of sp³-hybridized carbons (Fsp3) is 0.357. The van der Waals surface area contributed by atoms with Gasteiger partial charge < -0.3 is 14.8 Å². The molecule has 1 aromatic heterocycles. The van der Waals surface area contributed by atoms with Gasteiger partial charge in [0.05, 0.1) is 0 Å². The maximum atomic E-state index is 13.6. The van der Waals surface area contributed by atoms with E-state index in [1.165, 1.54) is 6.07 Å². The van der Waals surface area contributed by atoms with Crippen LogP contribution in [0.1, 0.15) is 23.0 Å². The number of benzene rings is 1. The number of amides is 1. The van der Waals surface area contributed by atoms with E-state index in [0.29, 0.717) is 17.5 Å². The molecule has 2 rings (SSSR count). The summed E-state index contributed by atoms with van der Waals surface area (Å²) in [5.74, 6) is -0.799. The van der Waals surface area contributed by atoms with E-state index >= 15 is 0 Å². The lowest BCUT2D eigenvalue weighted by Crippen LogP contribution is -2.29. The van der Waals surface area contributed by atoms with Crippen LogP contribution >= 0.6 is 0 Å². The van der Waals surface area contributed by atoms with E-state index in [-0.39, 0.29) is 23.9 Å². The number of fused-ring (bicyclic) bond motifs is 1. The minimum absolute atomic E-state index is 0.00593. The number of hydrogen-bond acceptors (Lipinski definition) is 3. The van der Waals surface area contributed by atoms with Crippen LogP contribution in [0.25, 0.3) is 11.0 Å². The third-order valence-corrected chi connectivity index (χ3v) is 3.04. The molecule has 0 saturated carbocycles. The molecular formula is C14H16FNO3. The Balaban J connectivity index is 2.28. The number of hydrogen-bond donors (Lipinski definition) is 2. The Morgan fingerprint density at radius 1 is 1.53 bits per heavy atom. The van der Waals surface area contributed by atoms with Crippen molar-refractivity contribution in [3.05, 3.63) is 35.3 Å². The molecule has 1 atom stereocenters. The van der Waals surface area contributed by atoms with Crippen molar-refractivity contribution in [2.45, 2.75) is 13.8 Å². The highest BCUT2D eigenvalue weighted by molar-refractivity contribution is 5.98. The number of nitrogens with one attached hydrogen (secondary N) is 1. The average molecular weight is 265 g/mol. The van der Waals surface area contributed by atoms with E-state index < -0.39 is 11.7 Å². The summed E-state index contributed by atoms with van der Waals surface area (Å²) in [5, 5.41) is 12.2. The zero-order valence-corrected chi connectivity index (χ0v) is 10.9. The molecule has 102 valence electrons. The van der Waals surface area contributed by atoms with Crippen molar-refractivity contribution in [3.8, 4) is 0 Å². The van der Waals surface area contributed by atoms with Gasteiger partial charge in [0.2, 0.25) is 0 Å². The number of furan rings is 1. The number of rotatable bonds is 4. The van der Waals surface area contributed by atoms with Crippen LogP contribution in [0.5, 0.6) is 0 Å². The van der Waals surface area contributed by atoms with Crippen LogP contribution in [-0.4, -0.2) is 24.2 Å². The van der Waals surface area contributed by atoms with E-state index in [9.17, 15) is 9.18 Å². The quantitative estimate of drug-likeness (QED) is 0.891. The molecule has 4 nitrogen and oxygen atoms in total. The second-order valence-electron chi connectivity index (χ2n) is 4.67. The second kappa shape index (κ2) is 5.40. The van der Waals surface area contributed by atoms with Crippen molar-refractivity contribution < 1.29 is 18.7 Å². The second-order valence-corrected chi connectivity index (χ2v) is 4.67. The average Bonchev–Trinajstić information content (AvgIpc) is 2.75. The van der Waals surface area contributed by atoms with E-state index in [0.717, 1.165) is 0 Å². The first-order valence-electron chi connectivity index (χ1n) is 6.11. The summed E-state index contributed by atoms with van der Waals surface area (Å²) in [7, 11) is 0. The molecule has 1 unspecified atom stereocenters. The van der Waals surface area contributed by atoms with E-state index in [4.69, 9.17) is 9.52 Å². The fourth-order valence-electron chi connectivity index (χ4n) is 1.84. The minimum Gasteiger partial charge on any atom is -0.448 e. The Morgan fingerprint density at radius 2 is 2.26 bits per heavy atom. The Hall–Kier alpha value is -1.88. The molecule has 0 fully saturated rings. The molecule has 0 aliphatic rings. The summed E-state index contributed by atoms with van der Waals surface area (Å²) in [4.78, 5) is 12.0. The first kappa shape index (κ1) is 13.5. The van der Waals surface area contributed by atoms with Gasteiger partial charge >= 0.3 is 0 Å². The van der Waals surface area contributed by atoms with Gasteiger partial charge in [-0.1, -0.05) is 19.1 Å². The third-order valence-electron chi connectivity index (χ3n) is 3.04. The van der Waals surface area contributed by atoms with Crippen LogP contribution < -0.4 is 5.32 Å². The summed E-state index contributed by atoms with van der Waals surface area (Å²) in [5.41, 5.74) is 0.712. The number of aliphatic hydroxyl groups is 1. The van der Waals surface area contributed by atoms with Gasteiger partial charge in [0.15, 0.2) is 17.2 Å². The maximum Gasteiger partial charge on any atom is 0.287 e. The van der Waals surface area contributed by atoms with Gasteiger partial charge in [-0.25, -0.2) is 4.39 Å².